The van der Waals surface area contributed by atoms with E-state index in [1.165, 1.54) is 0 Å². The molecule has 3 rings (SSSR count). The molecule has 2 amide bonds. The predicted octanol–water partition coefficient (Wildman–Crippen LogP) is 3.24. The molecule has 0 spiro atoms. The molecule has 3 aromatic carbocycles. The van der Waals surface area contributed by atoms with Gasteiger partial charge in [0.2, 0.25) is 0 Å². The molecular formula is C19H19N5O. The van der Waals surface area contributed by atoms with Gasteiger partial charge in [0, 0.05) is 17.9 Å². The Morgan fingerprint density at radius 2 is 1.76 bits per heavy atom. The molecule has 126 valence electrons. The summed E-state index contributed by atoms with van der Waals surface area (Å²) in [5.41, 5.74) is 8.90. The van der Waals surface area contributed by atoms with Gasteiger partial charge in [-0.2, -0.15) is 5.10 Å². The highest BCUT2D eigenvalue weighted by atomic mass is 16.2. The fourth-order valence-corrected chi connectivity index (χ4v) is 2.61. The summed E-state index contributed by atoms with van der Waals surface area (Å²) in [6.07, 6.45) is 1.59. The minimum absolute atomic E-state index is 0.313. The summed E-state index contributed by atoms with van der Waals surface area (Å²) in [6.45, 7) is 0.362. The van der Waals surface area contributed by atoms with Crippen molar-refractivity contribution in [1.29, 1.82) is 0 Å². The Kier molecular flexibility index (Phi) is 4.92. The Hall–Kier alpha value is -3.38. The molecule has 0 atom stereocenters. The summed E-state index contributed by atoms with van der Waals surface area (Å²) >= 11 is 0. The van der Waals surface area contributed by atoms with Crippen molar-refractivity contribution in [3.63, 3.8) is 0 Å². The van der Waals surface area contributed by atoms with Crippen LogP contribution in [0.15, 0.2) is 65.8 Å². The molecule has 0 radical (unpaired) electrons. The Bertz CT molecular complexity index is 936. The lowest BCUT2D eigenvalue weighted by Gasteiger charge is -2.11. The van der Waals surface area contributed by atoms with E-state index in [9.17, 15) is 4.79 Å². The number of carbonyl (C=O) groups is 1. The van der Waals surface area contributed by atoms with E-state index >= 15 is 0 Å². The Balaban J connectivity index is 1.76. The molecule has 0 aliphatic heterocycles. The summed E-state index contributed by atoms with van der Waals surface area (Å²) in [4.78, 5) is 12.2. The van der Waals surface area contributed by atoms with Gasteiger partial charge in [0.05, 0.1) is 6.21 Å². The Morgan fingerprint density at radius 3 is 2.56 bits per heavy atom. The molecule has 0 aromatic heterocycles. The van der Waals surface area contributed by atoms with Crippen molar-refractivity contribution >= 4 is 34.4 Å². The van der Waals surface area contributed by atoms with Crippen LogP contribution in [0.4, 0.5) is 16.2 Å². The van der Waals surface area contributed by atoms with Crippen LogP contribution in [0.2, 0.25) is 0 Å². The van der Waals surface area contributed by atoms with E-state index < -0.39 is 0 Å². The van der Waals surface area contributed by atoms with Gasteiger partial charge in [0.1, 0.15) is 0 Å². The van der Waals surface area contributed by atoms with Gasteiger partial charge in [0.15, 0.2) is 0 Å². The summed E-state index contributed by atoms with van der Waals surface area (Å²) < 4.78 is 0. The van der Waals surface area contributed by atoms with Crippen LogP contribution >= 0.6 is 0 Å². The molecular weight excluding hydrogens is 314 g/mol. The maximum Gasteiger partial charge on any atom is 0.323 e. The normalized spacial score (nSPS) is 10.9. The molecule has 3 aromatic rings. The molecule has 25 heavy (non-hydrogen) atoms. The monoisotopic (exact) mass is 333 g/mol. The lowest BCUT2D eigenvalue weighted by molar-refractivity contribution is 0.262. The number of fused-ring (bicyclic) bond motifs is 1. The zero-order valence-electron chi connectivity index (χ0n) is 13.6. The molecule has 0 aliphatic carbocycles. The van der Waals surface area contributed by atoms with Gasteiger partial charge < -0.3 is 22.2 Å². The van der Waals surface area contributed by atoms with Gasteiger partial charge in [-0.3, -0.25) is 0 Å². The SMILES string of the molecule is NCc1ccccc1NC(=O)Nc1ccc2cc(C=NN)ccc2c1. The smallest absolute Gasteiger partial charge is 0.323 e. The van der Waals surface area contributed by atoms with Gasteiger partial charge >= 0.3 is 6.03 Å². The molecule has 6 N–H and O–H groups in total. The zero-order valence-corrected chi connectivity index (χ0v) is 13.6. The first-order valence-corrected chi connectivity index (χ1v) is 7.82. The molecule has 0 heterocycles. The van der Waals surface area contributed by atoms with Gasteiger partial charge in [-0.15, -0.1) is 0 Å². The van der Waals surface area contributed by atoms with Crippen molar-refractivity contribution in [3.8, 4) is 0 Å². The first-order valence-electron chi connectivity index (χ1n) is 7.82. The van der Waals surface area contributed by atoms with Crippen molar-refractivity contribution in [2.75, 3.05) is 10.6 Å². The number of benzene rings is 3. The van der Waals surface area contributed by atoms with Crippen molar-refractivity contribution < 1.29 is 4.79 Å². The maximum absolute atomic E-state index is 12.2. The highest BCUT2D eigenvalue weighted by Gasteiger charge is 2.06. The van der Waals surface area contributed by atoms with Crippen LogP contribution in [0.3, 0.4) is 0 Å². The standard InChI is InChI=1S/C19H19N5O/c20-11-16-3-1-2-4-18(16)24-19(25)23-17-8-7-14-9-13(12-22-21)5-6-15(14)10-17/h1-10,12H,11,20-21H2,(H2,23,24,25). The van der Waals surface area contributed by atoms with E-state index in [0.717, 1.165) is 21.9 Å². The van der Waals surface area contributed by atoms with Crippen LogP contribution in [0.25, 0.3) is 10.8 Å². The first kappa shape index (κ1) is 16.5. The number of hydrogen-bond acceptors (Lipinski definition) is 4. The Labute approximate surface area is 145 Å². The summed E-state index contributed by atoms with van der Waals surface area (Å²) in [6, 6.07) is 18.7. The van der Waals surface area contributed by atoms with Gasteiger partial charge in [-0.1, -0.05) is 36.4 Å². The average Bonchev–Trinajstić information content (AvgIpc) is 2.62. The quantitative estimate of drug-likeness (QED) is 0.334. The number of nitrogens with two attached hydrogens (primary N) is 2. The van der Waals surface area contributed by atoms with Gasteiger partial charge in [0.25, 0.3) is 0 Å². The third-order valence-corrected chi connectivity index (χ3v) is 3.83. The summed E-state index contributed by atoms with van der Waals surface area (Å²) in [5.74, 6) is 5.17. The second-order valence-corrected chi connectivity index (χ2v) is 5.54. The second-order valence-electron chi connectivity index (χ2n) is 5.54. The first-order chi connectivity index (χ1) is 12.2. The van der Waals surface area contributed by atoms with Crippen LogP contribution in [-0.2, 0) is 6.54 Å². The number of anilines is 2. The lowest BCUT2D eigenvalue weighted by atomic mass is 10.1. The number of amides is 2. The van der Waals surface area contributed by atoms with Gasteiger partial charge in [-0.05, 0) is 46.2 Å². The average molecular weight is 333 g/mol. The third kappa shape index (κ3) is 3.94. The molecule has 6 nitrogen and oxygen atoms in total. The van der Waals surface area contributed by atoms with E-state index in [4.69, 9.17) is 11.6 Å². The second kappa shape index (κ2) is 7.46. The van der Waals surface area contributed by atoms with Crippen LogP contribution < -0.4 is 22.2 Å². The number of hydrazone groups is 1. The van der Waals surface area contributed by atoms with E-state index in [0.29, 0.717) is 17.9 Å². The fraction of sp³-hybridized carbons (Fsp3) is 0.0526. The molecule has 0 saturated heterocycles. The number of para-hydroxylation sites is 1. The number of hydrogen-bond donors (Lipinski definition) is 4. The number of urea groups is 1. The largest absolute Gasteiger partial charge is 0.326 e. The third-order valence-electron chi connectivity index (χ3n) is 3.83. The van der Waals surface area contributed by atoms with Crippen LogP contribution in [0.5, 0.6) is 0 Å². The molecule has 0 unspecified atom stereocenters. The van der Waals surface area contributed by atoms with Crippen LogP contribution in [0, 0.1) is 0 Å². The van der Waals surface area contributed by atoms with Gasteiger partial charge in [-0.25, -0.2) is 4.79 Å². The molecule has 0 fully saturated rings. The van der Waals surface area contributed by atoms with E-state index in [2.05, 4.69) is 15.7 Å². The number of carbonyl (C=O) groups excluding carboxylic acids is 1. The zero-order chi connectivity index (χ0) is 17.6. The molecule has 0 bridgehead atoms. The fourth-order valence-electron chi connectivity index (χ4n) is 2.61. The molecule has 0 aliphatic rings. The maximum atomic E-state index is 12.2. The highest BCUT2D eigenvalue weighted by Crippen LogP contribution is 2.21. The molecule has 6 heteroatoms. The number of nitrogens with one attached hydrogen (secondary N) is 2. The van der Waals surface area contributed by atoms with E-state index in [1.807, 2.05) is 60.7 Å². The minimum Gasteiger partial charge on any atom is -0.326 e. The van der Waals surface area contributed by atoms with Crippen molar-refractivity contribution in [3.05, 3.63) is 71.8 Å². The summed E-state index contributed by atoms with van der Waals surface area (Å²) in [7, 11) is 0. The number of nitrogens with zero attached hydrogens (tertiary/aromatic N) is 1. The Morgan fingerprint density at radius 1 is 1.00 bits per heavy atom. The highest BCUT2D eigenvalue weighted by molar-refractivity contribution is 6.02. The van der Waals surface area contributed by atoms with Crippen LogP contribution in [0.1, 0.15) is 11.1 Å². The molecule has 0 saturated carbocycles. The minimum atomic E-state index is -0.313. The van der Waals surface area contributed by atoms with Crippen LogP contribution in [-0.4, -0.2) is 12.2 Å². The van der Waals surface area contributed by atoms with E-state index in [1.54, 1.807) is 6.21 Å². The van der Waals surface area contributed by atoms with Crippen molar-refractivity contribution in [1.82, 2.24) is 0 Å². The van der Waals surface area contributed by atoms with Crippen molar-refractivity contribution in [2.24, 2.45) is 16.7 Å². The number of rotatable bonds is 4. The predicted molar refractivity (Wildman–Crippen MR) is 103 cm³/mol. The topological polar surface area (TPSA) is 106 Å². The van der Waals surface area contributed by atoms with Crippen molar-refractivity contribution in [2.45, 2.75) is 6.54 Å². The lowest BCUT2D eigenvalue weighted by Crippen LogP contribution is -2.20. The summed E-state index contributed by atoms with van der Waals surface area (Å²) in [5, 5.41) is 11.2. The van der Waals surface area contributed by atoms with E-state index in [-0.39, 0.29) is 6.03 Å².